The van der Waals surface area contributed by atoms with Crippen LogP contribution in [-0.4, -0.2) is 42.5 Å². The summed E-state index contributed by atoms with van der Waals surface area (Å²) in [7, 11) is 0. The third-order valence-corrected chi connectivity index (χ3v) is 3.55. The van der Waals surface area contributed by atoms with Gasteiger partial charge in [0.1, 0.15) is 0 Å². The minimum atomic E-state index is 0.0487. The maximum atomic E-state index is 6.05. The Labute approximate surface area is 100 Å². The Morgan fingerprint density at radius 3 is 2.88 bits per heavy atom. The summed E-state index contributed by atoms with van der Waals surface area (Å²) in [6.45, 7) is 3.35. The first-order valence-electron chi connectivity index (χ1n) is 6.26. The highest BCUT2D eigenvalue weighted by atomic mass is 16.5. The minimum Gasteiger partial charge on any atom is -0.381 e. The summed E-state index contributed by atoms with van der Waals surface area (Å²) in [6, 6.07) is 0.0654. The highest BCUT2D eigenvalue weighted by Crippen LogP contribution is 2.25. The Kier molecular flexibility index (Phi) is 2.98. The van der Waals surface area contributed by atoms with E-state index in [-0.39, 0.29) is 12.0 Å². The van der Waals surface area contributed by atoms with Gasteiger partial charge in [-0.05, 0) is 24.4 Å². The number of hydrogen-bond acceptors (Lipinski definition) is 6. The molecule has 0 amide bonds. The van der Waals surface area contributed by atoms with Gasteiger partial charge in [-0.2, -0.15) is 4.98 Å². The van der Waals surface area contributed by atoms with E-state index in [4.69, 9.17) is 15.0 Å². The van der Waals surface area contributed by atoms with Crippen molar-refractivity contribution in [3.8, 4) is 0 Å². The molecule has 6 heteroatoms. The molecule has 3 heterocycles. The number of nitrogens with two attached hydrogens (primary N) is 1. The molecule has 94 valence electrons. The van der Waals surface area contributed by atoms with Gasteiger partial charge in [0.25, 0.3) is 5.95 Å². The molecule has 3 rings (SSSR count). The van der Waals surface area contributed by atoms with Crippen molar-refractivity contribution in [3.63, 3.8) is 0 Å². The summed E-state index contributed by atoms with van der Waals surface area (Å²) in [6.07, 6.45) is 3.26. The van der Waals surface area contributed by atoms with Crippen LogP contribution < -0.4 is 10.6 Å². The van der Waals surface area contributed by atoms with Gasteiger partial charge in [-0.15, -0.1) is 0 Å². The van der Waals surface area contributed by atoms with Crippen molar-refractivity contribution < 1.29 is 9.26 Å². The molecule has 0 aromatic carbocycles. The molecule has 1 aromatic heterocycles. The van der Waals surface area contributed by atoms with E-state index in [1.807, 2.05) is 0 Å². The smallest absolute Gasteiger partial charge is 0.266 e. The maximum Gasteiger partial charge on any atom is 0.266 e. The molecule has 2 unspecified atom stereocenters. The highest BCUT2D eigenvalue weighted by Gasteiger charge is 2.30. The van der Waals surface area contributed by atoms with Gasteiger partial charge in [0.15, 0.2) is 0 Å². The van der Waals surface area contributed by atoms with Crippen LogP contribution in [0.15, 0.2) is 4.52 Å². The van der Waals surface area contributed by atoms with Crippen LogP contribution in [0.2, 0.25) is 0 Å². The van der Waals surface area contributed by atoms with Gasteiger partial charge in [0.05, 0.1) is 12.5 Å². The fourth-order valence-corrected chi connectivity index (χ4v) is 2.43. The number of anilines is 1. The van der Waals surface area contributed by atoms with Gasteiger partial charge in [0.2, 0.25) is 5.89 Å². The van der Waals surface area contributed by atoms with E-state index in [0.717, 1.165) is 26.1 Å². The van der Waals surface area contributed by atoms with E-state index >= 15 is 0 Å². The Bertz CT molecular complexity index is 375. The van der Waals surface area contributed by atoms with Crippen molar-refractivity contribution in [2.24, 2.45) is 5.73 Å². The van der Waals surface area contributed by atoms with Crippen LogP contribution in [0.25, 0.3) is 0 Å². The summed E-state index contributed by atoms with van der Waals surface area (Å²) in [5.74, 6) is 1.38. The third-order valence-electron chi connectivity index (χ3n) is 3.55. The fourth-order valence-electron chi connectivity index (χ4n) is 2.43. The first kappa shape index (κ1) is 11.0. The monoisotopic (exact) mass is 238 g/mol. The molecule has 2 N–H and O–H groups in total. The van der Waals surface area contributed by atoms with E-state index in [1.54, 1.807) is 0 Å². The Morgan fingerprint density at radius 2 is 2.12 bits per heavy atom. The number of ether oxygens (including phenoxy) is 1. The van der Waals surface area contributed by atoms with Crippen LogP contribution in [0.5, 0.6) is 0 Å². The molecule has 0 saturated carbocycles. The van der Waals surface area contributed by atoms with Gasteiger partial charge in [-0.25, -0.2) is 0 Å². The van der Waals surface area contributed by atoms with Crippen LogP contribution in [0.3, 0.4) is 0 Å². The molecule has 2 fully saturated rings. The van der Waals surface area contributed by atoms with E-state index < -0.39 is 0 Å². The van der Waals surface area contributed by atoms with Crippen LogP contribution in [0.4, 0.5) is 5.95 Å². The molecule has 2 aliphatic rings. The van der Waals surface area contributed by atoms with Crippen molar-refractivity contribution in [2.75, 3.05) is 31.2 Å². The van der Waals surface area contributed by atoms with Crippen molar-refractivity contribution >= 4 is 5.95 Å². The molecule has 2 saturated heterocycles. The largest absolute Gasteiger partial charge is 0.381 e. The Balaban J connectivity index is 1.74. The summed E-state index contributed by atoms with van der Waals surface area (Å²) in [5, 5.41) is 4.04. The summed E-state index contributed by atoms with van der Waals surface area (Å²) >= 11 is 0. The zero-order valence-corrected chi connectivity index (χ0v) is 9.84. The summed E-state index contributed by atoms with van der Waals surface area (Å²) < 4.78 is 10.7. The first-order chi connectivity index (χ1) is 8.34. The summed E-state index contributed by atoms with van der Waals surface area (Å²) in [4.78, 5) is 6.61. The predicted octanol–water partition coefficient (Wildman–Crippen LogP) is 0.501. The van der Waals surface area contributed by atoms with Crippen molar-refractivity contribution in [1.82, 2.24) is 10.1 Å². The van der Waals surface area contributed by atoms with Gasteiger partial charge in [-0.3, -0.25) is 0 Å². The van der Waals surface area contributed by atoms with Gasteiger partial charge in [-0.1, -0.05) is 0 Å². The molecule has 0 radical (unpaired) electrons. The van der Waals surface area contributed by atoms with Gasteiger partial charge in [0, 0.05) is 25.7 Å². The number of aromatic nitrogens is 2. The minimum absolute atomic E-state index is 0.0487. The standard InChI is InChI=1S/C11H18N4O2/c12-9-3-6-16-7-8(9)10-13-11(14-17-10)15-4-1-2-5-15/h8-9H,1-7,12H2. The lowest BCUT2D eigenvalue weighted by molar-refractivity contribution is 0.0590. The van der Waals surface area contributed by atoms with Crippen LogP contribution in [0.1, 0.15) is 31.1 Å². The van der Waals surface area contributed by atoms with E-state index in [2.05, 4.69) is 15.0 Å². The zero-order chi connectivity index (χ0) is 11.7. The van der Waals surface area contributed by atoms with E-state index in [1.165, 1.54) is 12.8 Å². The lowest BCUT2D eigenvalue weighted by Crippen LogP contribution is -2.37. The van der Waals surface area contributed by atoms with Crippen LogP contribution in [0, 0.1) is 0 Å². The molecule has 0 aliphatic carbocycles. The third kappa shape index (κ3) is 2.14. The zero-order valence-electron chi connectivity index (χ0n) is 9.84. The molecule has 2 aliphatic heterocycles. The lowest BCUT2D eigenvalue weighted by atomic mass is 9.97. The second-order valence-electron chi connectivity index (χ2n) is 4.76. The number of hydrogen-bond donors (Lipinski definition) is 1. The topological polar surface area (TPSA) is 77.4 Å². The lowest BCUT2D eigenvalue weighted by Gasteiger charge is -2.25. The molecule has 2 atom stereocenters. The number of nitrogens with zero attached hydrogens (tertiary/aromatic N) is 3. The van der Waals surface area contributed by atoms with Gasteiger partial charge < -0.3 is 19.9 Å². The van der Waals surface area contributed by atoms with Crippen molar-refractivity contribution in [3.05, 3.63) is 5.89 Å². The number of rotatable bonds is 2. The van der Waals surface area contributed by atoms with E-state index in [9.17, 15) is 0 Å². The highest BCUT2D eigenvalue weighted by molar-refractivity contribution is 5.29. The normalized spacial score (nSPS) is 29.8. The van der Waals surface area contributed by atoms with Gasteiger partial charge >= 0.3 is 0 Å². The maximum absolute atomic E-state index is 6.05. The molecule has 6 nitrogen and oxygen atoms in total. The Hall–Kier alpha value is -1.14. The Morgan fingerprint density at radius 1 is 1.29 bits per heavy atom. The molecule has 0 bridgehead atoms. The van der Waals surface area contributed by atoms with Crippen LogP contribution >= 0.6 is 0 Å². The molecule has 17 heavy (non-hydrogen) atoms. The first-order valence-corrected chi connectivity index (χ1v) is 6.26. The van der Waals surface area contributed by atoms with E-state index in [0.29, 0.717) is 18.4 Å². The molecular weight excluding hydrogens is 220 g/mol. The fraction of sp³-hybridized carbons (Fsp3) is 0.818. The SMILES string of the molecule is NC1CCOCC1c1nc(N2CCCC2)no1. The van der Waals surface area contributed by atoms with Crippen molar-refractivity contribution in [1.29, 1.82) is 0 Å². The average molecular weight is 238 g/mol. The van der Waals surface area contributed by atoms with Crippen LogP contribution in [-0.2, 0) is 4.74 Å². The average Bonchev–Trinajstić information content (AvgIpc) is 3.00. The predicted molar refractivity (Wildman–Crippen MR) is 61.9 cm³/mol. The molecular formula is C11H18N4O2. The quantitative estimate of drug-likeness (QED) is 0.808. The molecule has 0 spiro atoms. The van der Waals surface area contributed by atoms with Crippen molar-refractivity contribution in [2.45, 2.75) is 31.2 Å². The molecule has 1 aromatic rings. The second-order valence-corrected chi connectivity index (χ2v) is 4.76. The summed E-state index contributed by atoms with van der Waals surface area (Å²) in [5.41, 5.74) is 6.05. The second kappa shape index (κ2) is 4.62.